The molecule has 0 aliphatic rings. The molecular formula is C46H31N. The highest BCUT2D eigenvalue weighted by Gasteiger charge is 2.17. The number of hydrogen-bond acceptors (Lipinski definition) is 1. The SMILES string of the molecule is [2H]c1c([2H])c(-c2cccc3ccccc23)c([2H])c(N(c2c([2H])c([2H])c(-c3cc4ccccc4c4ccccc34)c([2H])c2[2H])c2c([2H])c([2H])c([2H])c3c([2H])c([2H])c([2H])c([2H])c23)c1[2H]. The van der Waals surface area contributed by atoms with E-state index < -0.39 is 118 Å². The van der Waals surface area contributed by atoms with Gasteiger partial charge in [0.1, 0.15) is 0 Å². The van der Waals surface area contributed by atoms with Crippen LogP contribution in [0.3, 0.4) is 0 Å². The van der Waals surface area contributed by atoms with Crippen LogP contribution >= 0.6 is 0 Å². The number of benzene rings is 9. The molecule has 0 amide bonds. The van der Waals surface area contributed by atoms with E-state index in [4.69, 9.17) is 11.0 Å². The van der Waals surface area contributed by atoms with Crippen molar-refractivity contribution in [2.24, 2.45) is 0 Å². The average molecular weight is 613 g/mol. The highest BCUT2D eigenvalue weighted by Crippen LogP contribution is 2.42. The zero-order chi connectivity index (χ0) is 44.2. The summed E-state index contributed by atoms with van der Waals surface area (Å²) in [5, 5.41) is 3.36. The van der Waals surface area contributed by atoms with E-state index in [2.05, 4.69) is 0 Å². The average Bonchev–Trinajstić information content (AvgIpc) is 3.27. The predicted octanol–water partition coefficient (Wildman–Crippen LogP) is 13.1. The summed E-state index contributed by atoms with van der Waals surface area (Å²) < 4.78 is 138. The van der Waals surface area contributed by atoms with E-state index in [1.54, 1.807) is 48.5 Å². The molecule has 0 unspecified atom stereocenters. The maximum absolute atomic E-state index is 9.83. The van der Waals surface area contributed by atoms with E-state index in [0.29, 0.717) is 21.9 Å². The van der Waals surface area contributed by atoms with Crippen molar-refractivity contribution in [3.05, 3.63) is 188 Å². The van der Waals surface area contributed by atoms with E-state index in [1.165, 1.54) is 0 Å². The van der Waals surface area contributed by atoms with Gasteiger partial charge in [-0.2, -0.15) is 0 Å². The zero-order valence-electron chi connectivity index (χ0n) is 39.7. The molecule has 220 valence electrons. The van der Waals surface area contributed by atoms with Crippen molar-refractivity contribution in [3.8, 4) is 22.3 Å². The number of nitrogens with zero attached hydrogens (tertiary/aromatic N) is 1. The fraction of sp³-hybridized carbons (Fsp3) is 0. The molecule has 9 rings (SSSR count). The fourth-order valence-electron chi connectivity index (χ4n) is 6.14. The molecule has 9 aromatic carbocycles. The first-order valence-electron chi connectivity index (χ1n) is 22.5. The van der Waals surface area contributed by atoms with Crippen molar-refractivity contribution >= 4 is 60.2 Å². The van der Waals surface area contributed by atoms with Crippen molar-refractivity contribution < 1.29 is 20.6 Å². The monoisotopic (exact) mass is 612 g/mol. The summed E-state index contributed by atoms with van der Waals surface area (Å²) in [6.07, 6.45) is 0. The molecule has 0 saturated heterocycles. The van der Waals surface area contributed by atoms with Gasteiger partial charge in [0.2, 0.25) is 0 Å². The van der Waals surface area contributed by atoms with Gasteiger partial charge in [0.05, 0.1) is 26.2 Å². The van der Waals surface area contributed by atoms with E-state index in [1.807, 2.05) is 48.5 Å². The molecular weight excluding hydrogens is 567 g/mol. The Balaban J connectivity index is 1.48. The van der Waals surface area contributed by atoms with Crippen LogP contribution in [0.2, 0.25) is 0 Å². The Morgan fingerprint density at radius 2 is 1.06 bits per heavy atom. The number of fused-ring (bicyclic) bond motifs is 5. The number of rotatable bonds is 5. The Kier molecular flexibility index (Phi) is 3.83. The molecule has 0 radical (unpaired) electrons. The van der Waals surface area contributed by atoms with Crippen LogP contribution in [0.1, 0.15) is 20.6 Å². The lowest BCUT2D eigenvalue weighted by atomic mass is 9.93. The molecule has 0 aromatic heterocycles. The van der Waals surface area contributed by atoms with Gasteiger partial charge in [-0.05, 0) is 96.2 Å². The second-order valence-electron chi connectivity index (χ2n) is 11.0. The molecule has 0 aliphatic heterocycles. The number of anilines is 3. The lowest BCUT2D eigenvalue weighted by Crippen LogP contribution is -2.10. The molecule has 0 fully saturated rings. The normalized spacial score (nSPS) is 15.9. The van der Waals surface area contributed by atoms with Gasteiger partial charge >= 0.3 is 0 Å². The maximum Gasteiger partial charge on any atom is 0.0651 e. The van der Waals surface area contributed by atoms with Gasteiger partial charge < -0.3 is 4.90 Å². The summed E-state index contributed by atoms with van der Waals surface area (Å²) >= 11 is 0. The van der Waals surface area contributed by atoms with Crippen LogP contribution in [0.25, 0.3) is 65.3 Å². The Hall–Kier alpha value is -6.18. The molecule has 0 heterocycles. The molecule has 47 heavy (non-hydrogen) atoms. The largest absolute Gasteiger partial charge is 0.310 e. The highest BCUT2D eigenvalue weighted by atomic mass is 15.1. The van der Waals surface area contributed by atoms with Crippen molar-refractivity contribution in [1.82, 2.24) is 0 Å². The second-order valence-corrected chi connectivity index (χ2v) is 11.0. The first-order chi connectivity index (χ1) is 29.6. The third kappa shape index (κ3) is 4.72. The van der Waals surface area contributed by atoms with Gasteiger partial charge in [0, 0.05) is 16.8 Å². The summed E-state index contributed by atoms with van der Waals surface area (Å²) in [6.45, 7) is 0. The topological polar surface area (TPSA) is 3.24 Å². The number of hydrogen-bond donors (Lipinski definition) is 0. The summed E-state index contributed by atoms with van der Waals surface area (Å²) in [4.78, 5) is 0.822. The van der Waals surface area contributed by atoms with Crippen molar-refractivity contribution in [1.29, 1.82) is 0 Å². The molecule has 0 spiro atoms. The standard InChI is InChI=1S/C46H31N/c1-4-19-39-32(12-1)15-10-24-40(39)35-17-9-18-38(30-35)47(46-25-11-16-33-13-2-6-21-42(33)46)37-28-26-34(27-29-37)45-31-36-14-3-5-20-41(36)43-22-7-8-23-44(43)45/h1-31H/i2D,6D,9D,11D,13D,16D,17D,18D,21D,25D,26D,27D,28D,29D,30D. The smallest absolute Gasteiger partial charge is 0.0651 e. The van der Waals surface area contributed by atoms with Crippen molar-refractivity contribution in [2.75, 3.05) is 4.90 Å². The van der Waals surface area contributed by atoms with Crippen LogP contribution in [0.15, 0.2) is 188 Å². The van der Waals surface area contributed by atoms with E-state index in [0.717, 1.165) is 26.4 Å². The van der Waals surface area contributed by atoms with Crippen LogP contribution < -0.4 is 4.90 Å². The quantitative estimate of drug-likeness (QED) is 0.175. The maximum atomic E-state index is 9.83. The van der Waals surface area contributed by atoms with Crippen molar-refractivity contribution in [2.45, 2.75) is 0 Å². The zero-order valence-corrected chi connectivity index (χ0v) is 24.7. The van der Waals surface area contributed by atoms with E-state index in [9.17, 15) is 9.60 Å². The minimum Gasteiger partial charge on any atom is -0.310 e. The van der Waals surface area contributed by atoms with E-state index >= 15 is 0 Å². The Morgan fingerprint density at radius 1 is 0.383 bits per heavy atom. The summed E-state index contributed by atoms with van der Waals surface area (Å²) in [5.41, 5.74) is -1.48. The summed E-state index contributed by atoms with van der Waals surface area (Å²) in [5.74, 6) is 0. The minimum atomic E-state index is -0.846. The Bertz CT molecular complexity index is 3400. The lowest BCUT2D eigenvalue weighted by Gasteiger charge is -2.27. The van der Waals surface area contributed by atoms with Crippen LogP contribution in [-0.2, 0) is 0 Å². The van der Waals surface area contributed by atoms with Gasteiger partial charge in [-0.1, -0.05) is 151 Å². The molecule has 0 bridgehead atoms. The molecule has 1 heteroatoms. The summed E-state index contributed by atoms with van der Waals surface area (Å²) in [6, 6.07) is 18.2. The van der Waals surface area contributed by atoms with Gasteiger partial charge in [-0.3, -0.25) is 0 Å². The first kappa shape index (κ1) is 15.9. The fourth-order valence-corrected chi connectivity index (χ4v) is 6.14. The third-order valence-electron chi connectivity index (χ3n) is 8.28. The minimum absolute atomic E-state index is 0.0949. The third-order valence-corrected chi connectivity index (χ3v) is 8.28. The van der Waals surface area contributed by atoms with Crippen LogP contribution in [-0.4, -0.2) is 0 Å². The second kappa shape index (κ2) is 11.3. The summed E-state index contributed by atoms with van der Waals surface area (Å²) in [7, 11) is 0. The Labute approximate surface area is 295 Å². The van der Waals surface area contributed by atoms with Gasteiger partial charge in [0.15, 0.2) is 0 Å². The molecule has 9 aromatic rings. The van der Waals surface area contributed by atoms with Crippen LogP contribution in [0.4, 0.5) is 17.1 Å². The molecule has 0 aliphatic carbocycles. The van der Waals surface area contributed by atoms with Crippen LogP contribution in [0, 0.1) is 0 Å². The van der Waals surface area contributed by atoms with Gasteiger partial charge in [-0.15, -0.1) is 0 Å². The highest BCUT2D eigenvalue weighted by molar-refractivity contribution is 6.14. The van der Waals surface area contributed by atoms with Gasteiger partial charge in [0.25, 0.3) is 0 Å². The van der Waals surface area contributed by atoms with Crippen LogP contribution in [0.5, 0.6) is 0 Å². The first-order valence-corrected chi connectivity index (χ1v) is 15.0. The molecule has 0 atom stereocenters. The Morgan fingerprint density at radius 3 is 1.94 bits per heavy atom. The van der Waals surface area contributed by atoms with E-state index in [-0.39, 0.29) is 11.1 Å². The van der Waals surface area contributed by atoms with Gasteiger partial charge in [-0.25, -0.2) is 0 Å². The molecule has 0 saturated carbocycles. The molecule has 0 N–H and O–H groups in total. The predicted molar refractivity (Wildman–Crippen MR) is 202 cm³/mol. The van der Waals surface area contributed by atoms with Crippen molar-refractivity contribution in [3.63, 3.8) is 0 Å². The molecule has 1 nitrogen and oxygen atoms in total. The lowest BCUT2D eigenvalue weighted by molar-refractivity contribution is 1.30.